The van der Waals surface area contributed by atoms with E-state index < -0.39 is 10.0 Å². The van der Waals surface area contributed by atoms with Gasteiger partial charge in [0.05, 0.1) is 23.8 Å². The third kappa shape index (κ3) is 6.12. The van der Waals surface area contributed by atoms with Crippen LogP contribution in [0.5, 0.6) is 11.5 Å². The molecule has 0 spiro atoms. The first kappa shape index (κ1) is 24.6. The molecule has 0 bridgehead atoms. The van der Waals surface area contributed by atoms with Gasteiger partial charge in [-0.3, -0.25) is 9.52 Å². The maximum Gasteiger partial charge on any atom is 0.262 e. The van der Waals surface area contributed by atoms with Gasteiger partial charge in [0.25, 0.3) is 15.9 Å². The second-order valence-electron chi connectivity index (χ2n) is 8.21. The van der Waals surface area contributed by atoms with E-state index in [1.54, 1.807) is 67.6 Å². The van der Waals surface area contributed by atoms with Gasteiger partial charge in [-0.05, 0) is 73.9 Å². The van der Waals surface area contributed by atoms with Crippen molar-refractivity contribution in [1.29, 1.82) is 0 Å². The number of amides is 1. The Hall–Kier alpha value is -3.56. The zero-order valence-corrected chi connectivity index (χ0v) is 20.4. The molecule has 0 aliphatic carbocycles. The van der Waals surface area contributed by atoms with Crippen molar-refractivity contribution in [1.82, 2.24) is 0 Å². The molecule has 0 unspecified atom stereocenters. The molecule has 0 saturated carbocycles. The zero-order chi connectivity index (χ0) is 24.8. The average Bonchev–Trinajstić information content (AvgIpc) is 3.38. The molecule has 0 aromatic heterocycles. The van der Waals surface area contributed by atoms with Gasteiger partial charge in [-0.25, -0.2) is 8.42 Å². The summed E-state index contributed by atoms with van der Waals surface area (Å²) in [5.74, 6) is 0.699. The average molecular weight is 497 g/mol. The van der Waals surface area contributed by atoms with Crippen molar-refractivity contribution in [3.05, 3.63) is 77.9 Å². The summed E-state index contributed by atoms with van der Waals surface area (Å²) in [6.07, 6.45) is 2.15. The molecule has 1 saturated heterocycles. The maximum absolute atomic E-state index is 13.1. The Balaban J connectivity index is 1.44. The molecule has 3 aromatic carbocycles. The van der Waals surface area contributed by atoms with Gasteiger partial charge in [0.2, 0.25) is 0 Å². The molecule has 1 aliphatic rings. The van der Waals surface area contributed by atoms with E-state index in [-0.39, 0.29) is 16.9 Å². The van der Waals surface area contributed by atoms with Gasteiger partial charge in [-0.2, -0.15) is 0 Å². The number of hydrogen-bond donors (Lipinski definition) is 2. The lowest BCUT2D eigenvalue weighted by atomic mass is 10.2. The largest absolute Gasteiger partial charge is 0.495 e. The molecule has 0 radical (unpaired) electrons. The van der Waals surface area contributed by atoms with Crippen LogP contribution in [0, 0.1) is 6.92 Å². The monoisotopic (exact) mass is 496 g/mol. The standard InChI is InChI=1S/C26H28N2O6S/c1-18-9-12-20(16-25(18)35(30,31)28-23-7-3-4-8-24(23)32-2)27-26(29)19-10-13-21(14-11-19)34-17-22-6-5-15-33-22/h3-4,7-14,16,22,28H,5-6,15,17H2,1-2H3,(H,27,29)/t22-/m1/s1. The maximum atomic E-state index is 13.1. The molecule has 4 rings (SSSR count). The highest BCUT2D eigenvalue weighted by atomic mass is 32.2. The van der Waals surface area contributed by atoms with E-state index in [1.165, 1.54) is 13.2 Å². The number of benzene rings is 3. The number of hydrogen-bond acceptors (Lipinski definition) is 6. The van der Waals surface area contributed by atoms with Crippen LogP contribution in [0.2, 0.25) is 0 Å². The van der Waals surface area contributed by atoms with Crippen LogP contribution in [0.1, 0.15) is 28.8 Å². The van der Waals surface area contributed by atoms with Crippen molar-refractivity contribution >= 4 is 27.3 Å². The lowest BCUT2D eigenvalue weighted by Crippen LogP contribution is -2.17. The number of anilines is 2. The smallest absolute Gasteiger partial charge is 0.262 e. The summed E-state index contributed by atoms with van der Waals surface area (Å²) >= 11 is 0. The number of rotatable bonds is 9. The van der Waals surface area contributed by atoms with Crippen LogP contribution in [0.3, 0.4) is 0 Å². The quantitative estimate of drug-likeness (QED) is 0.448. The van der Waals surface area contributed by atoms with Crippen LogP contribution in [-0.4, -0.2) is 40.8 Å². The summed E-state index contributed by atoms with van der Waals surface area (Å²) in [7, 11) is -2.46. The van der Waals surface area contributed by atoms with E-state index in [1.807, 2.05) is 0 Å². The minimum Gasteiger partial charge on any atom is -0.495 e. The Morgan fingerprint density at radius 2 is 1.86 bits per heavy atom. The second kappa shape index (κ2) is 10.8. The molecule has 2 N–H and O–H groups in total. The lowest BCUT2D eigenvalue weighted by molar-refractivity contribution is 0.0679. The fourth-order valence-corrected chi connectivity index (χ4v) is 5.11. The summed E-state index contributed by atoms with van der Waals surface area (Å²) < 4.78 is 45.3. The predicted molar refractivity (Wildman–Crippen MR) is 134 cm³/mol. The number of carbonyl (C=O) groups is 1. The van der Waals surface area contributed by atoms with E-state index >= 15 is 0 Å². The van der Waals surface area contributed by atoms with Gasteiger partial charge in [0, 0.05) is 17.9 Å². The number of ether oxygens (including phenoxy) is 3. The van der Waals surface area contributed by atoms with Crippen molar-refractivity contribution < 1.29 is 27.4 Å². The summed E-state index contributed by atoms with van der Waals surface area (Å²) in [6.45, 7) is 2.94. The summed E-state index contributed by atoms with van der Waals surface area (Å²) in [4.78, 5) is 12.8. The number of carbonyl (C=O) groups excluding carboxylic acids is 1. The van der Waals surface area contributed by atoms with Crippen molar-refractivity contribution in [2.24, 2.45) is 0 Å². The number of para-hydroxylation sites is 2. The fourth-order valence-electron chi connectivity index (χ4n) is 3.77. The Labute approximate surface area is 205 Å². The van der Waals surface area contributed by atoms with E-state index in [4.69, 9.17) is 14.2 Å². The van der Waals surface area contributed by atoms with Crippen molar-refractivity contribution in [2.45, 2.75) is 30.8 Å². The van der Waals surface area contributed by atoms with Crippen LogP contribution in [-0.2, 0) is 14.8 Å². The summed E-state index contributed by atoms with van der Waals surface area (Å²) in [5, 5.41) is 2.76. The predicted octanol–water partition coefficient (Wildman–Crippen LogP) is 4.61. The summed E-state index contributed by atoms with van der Waals surface area (Å²) in [5.41, 5.74) is 1.65. The zero-order valence-electron chi connectivity index (χ0n) is 19.6. The van der Waals surface area contributed by atoms with E-state index in [2.05, 4.69) is 10.0 Å². The van der Waals surface area contributed by atoms with Gasteiger partial charge < -0.3 is 19.5 Å². The van der Waals surface area contributed by atoms with Crippen LogP contribution in [0.4, 0.5) is 11.4 Å². The molecule has 1 fully saturated rings. The molecule has 1 aliphatic heterocycles. The molecule has 8 nitrogen and oxygen atoms in total. The topological polar surface area (TPSA) is 103 Å². The number of sulfonamides is 1. The fraction of sp³-hybridized carbons (Fsp3) is 0.269. The van der Waals surface area contributed by atoms with Gasteiger partial charge in [-0.15, -0.1) is 0 Å². The number of methoxy groups -OCH3 is 1. The first-order valence-corrected chi connectivity index (χ1v) is 12.8. The minimum absolute atomic E-state index is 0.0547. The molecule has 1 atom stereocenters. The Morgan fingerprint density at radius 1 is 1.09 bits per heavy atom. The SMILES string of the molecule is COc1ccccc1NS(=O)(=O)c1cc(NC(=O)c2ccc(OC[C@H]3CCCO3)cc2)ccc1C. The van der Waals surface area contributed by atoms with Crippen LogP contribution >= 0.6 is 0 Å². The Morgan fingerprint density at radius 3 is 2.57 bits per heavy atom. The lowest BCUT2D eigenvalue weighted by Gasteiger charge is -2.14. The van der Waals surface area contributed by atoms with E-state index in [9.17, 15) is 13.2 Å². The molecule has 3 aromatic rings. The van der Waals surface area contributed by atoms with Crippen molar-refractivity contribution in [2.75, 3.05) is 30.4 Å². The number of aryl methyl sites for hydroxylation is 1. The molecular weight excluding hydrogens is 468 g/mol. The van der Waals surface area contributed by atoms with E-state index in [0.29, 0.717) is 40.6 Å². The van der Waals surface area contributed by atoms with Gasteiger partial charge in [0.15, 0.2) is 0 Å². The summed E-state index contributed by atoms with van der Waals surface area (Å²) in [6, 6.07) is 18.3. The normalized spacial score (nSPS) is 15.4. The third-order valence-corrected chi connectivity index (χ3v) is 7.17. The van der Waals surface area contributed by atoms with Gasteiger partial charge >= 0.3 is 0 Å². The second-order valence-corrected chi connectivity index (χ2v) is 9.86. The molecule has 9 heteroatoms. The molecule has 1 amide bonds. The van der Waals surface area contributed by atoms with Crippen LogP contribution in [0.15, 0.2) is 71.6 Å². The molecule has 1 heterocycles. The Kier molecular flexibility index (Phi) is 7.57. The van der Waals surface area contributed by atoms with Crippen molar-refractivity contribution in [3.63, 3.8) is 0 Å². The van der Waals surface area contributed by atoms with Crippen molar-refractivity contribution in [3.8, 4) is 11.5 Å². The van der Waals surface area contributed by atoms with Crippen LogP contribution in [0.25, 0.3) is 0 Å². The first-order chi connectivity index (χ1) is 16.9. The highest BCUT2D eigenvalue weighted by Gasteiger charge is 2.20. The minimum atomic E-state index is -3.93. The Bertz CT molecular complexity index is 1290. The third-order valence-electron chi connectivity index (χ3n) is 5.66. The molecule has 35 heavy (non-hydrogen) atoms. The van der Waals surface area contributed by atoms with Gasteiger partial charge in [0.1, 0.15) is 18.1 Å². The molecule has 184 valence electrons. The highest BCUT2D eigenvalue weighted by Crippen LogP contribution is 2.28. The van der Waals surface area contributed by atoms with Crippen LogP contribution < -0.4 is 19.5 Å². The first-order valence-electron chi connectivity index (χ1n) is 11.3. The number of nitrogens with one attached hydrogen (secondary N) is 2. The van der Waals surface area contributed by atoms with E-state index in [0.717, 1.165) is 19.4 Å². The van der Waals surface area contributed by atoms with Gasteiger partial charge in [-0.1, -0.05) is 18.2 Å². The molecular formula is C26H28N2O6S. The highest BCUT2D eigenvalue weighted by molar-refractivity contribution is 7.92.